The number of sulfonamides is 1. The van der Waals surface area contributed by atoms with Crippen molar-refractivity contribution in [3.63, 3.8) is 0 Å². The van der Waals surface area contributed by atoms with Gasteiger partial charge in [-0.2, -0.15) is 0 Å². The Bertz CT molecular complexity index is 1190. The Labute approximate surface area is 228 Å². The van der Waals surface area contributed by atoms with Gasteiger partial charge in [0.25, 0.3) is 0 Å². The summed E-state index contributed by atoms with van der Waals surface area (Å²) in [6, 6.07) is 9.00. The van der Waals surface area contributed by atoms with Crippen LogP contribution in [0.3, 0.4) is 0 Å². The van der Waals surface area contributed by atoms with Crippen LogP contribution < -0.4 is 9.62 Å². The predicted molar refractivity (Wildman–Crippen MR) is 147 cm³/mol. The van der Waals surface area contributed by atoms with Gasteiger partial charge in [-0.15, -0.1) is 0 Å². The van der Waals surface area contributed by atoms with E-state index < -0.39 is 28.5 Å². The van der Waals surface area contributed by atoms with Crippen LogP contribution in [0.2, 0.25) is 15.1 Å². The number of unbranched alkanes of at least 4 members (excludes halogenated alkanes) is 1. The molecule has 0 heterocycles. The highest BCUT2D eigenvalue weighted by Gasteiger charge is 2.32. The molecule has 2 aromatic rings. The van der Waals surface area contributed by atoms with Crippen LogP contribution in [-0.4, -0.2) is 50.5 Å². The van der Waals surface area contributed by atoms with Gasteiger partial charge in [-0.1, -0.05) is 67.2 Å². The Hall–Kier alpha value is -2.00. The van der Waals surface area contributed by atoms with E-state index in [4.69, 9.17) is 34.8 Å². The predicted octanol–water partition coefficient (Wildman–Crippen LogP) is 5.44. The second-order valence-corrected chi connectivity index (χ2v) is 11.6. The summed E-state index contributed by atoms with van der Waals surface area (Å²) in [5.74, 6) is -0.840. The maximum Gasteiger partial charge on any atom is 0.244 e. The molecular formula is C25H32Cl3N3O4S. The third-order valence-electron chi connectivity index (χ3n) is 5.74. The van der Waals surface area contributed by atoms with Crippen molar-refractivity contribution < 1.29 is 18.0 Å². The van der Waals surface area contributed by atoms with Crippen LogP contribution in [0.15, 0.2) is 36.4 Å². The summed E-state index contributed by atoms with van der Waals surface area (Å²) in [6.45, 7) is 5.53. The lowest BCUT2D eigenvalue weighted by Crippen LogP contribution is -2.52. The third kappa shape index (κ3) is 8.00. The summed E-state index contributed by atoms with van der Waals surface area (Å²) < 4.78 is 26.5. The van der Waals surface area contributed by atoms with Crippen LogP contribution in [-0.2, 0) is 26.2 Å². The molecule has 7 nitrogen and oxygen atoms in total. The number of carbonyl (C=O) groups is 2. The lowest BCUT2D eigenvalue weighted by molar-refractivity contribution is -0.140. The highest BCUT2D eigenvalue weighted by molar-refractivity contribution is 7.92. The molecule has 11 heteroatoms. The van der Waals surface area contributed by atoms with Crippen LogP contribution >= 0.6 is 34.8 Å². The van der Waals surface area contributed by atoms with Crippen molar-refractivity contribution in [1.82, 2.24) is 10.2 Å². The van der Waals surface area contributed by atoms with Gasteiger partial charge < -0.3 is 10.2 Å². The molecule has 0 aliphatic rings. The van der Waals surface area contributed by atoms with Gasteiger partial charge in [0.2, 0.25) is 21.8 Å². The fraction of sp³-hybridized carbons (Fsp3) is 0.440. The molecule has 0 aliphatic carbocycles. The number of halogens is 3. The van der Waals surface area contributed by atoms with Crippen LogP contribution in [0.1, 0.15) is 44.2 Å². The number of carbonyl (C=O) groups excluding carboxylic acids is 2. The topological polar surface area (TPSA) is 86.8 Å². The minimum absolute atomic E-state index is 0.0432. The number of hydrogen-bond acceptors (Lipinski definition) is 4. The normalized spacial score (nSPS) is 12.2. The Balaban J connectivity index is 2.47. The number of nitrogens with one attached hydrogen (secondary N) is 1. The Morgan fingerprint density at radius 1 is 1.03 bits per heavy atom. The molecule has 36 heavy (non-hydrogen) atoms. The van der Waals surface area contributed by atoms with Gasteiger partial charge in [0.1, 0.15) is 12.6 Å². The van der Waals surface area contributed by atoms with E-state index in [-0.39, 0.29) is 12.5 Å². The van der Waals surface area contributed by atoms with Crippen LogP contribution in [0.5, 0.6) is 0 Å². The minimum Gasteiger partial charge on any atom is -0.354 e. The van der Waals surface area contributed by atoms with E-state index in [1.807, 2.05) is 6.92 Å². The number of anilines is 1. The highest BCUT2D eigenvalue weighted by Crippen LogP contribution is 2.29. The van der Waals surface area contributed by atoms with E-state index in [0.717, 1.165) is 23.4 Å². The lowest BCUT2D eigenvalue weighted by atomic mass is 10.1. The summed E-state index contributed by atoms with van der Waals surface area (Å²) in [6.07, 6.45) is 3.07. The quantitative estimate of drug-likeness (QED) is 0.341. The molecule has 0 aromatic heterocycles. The average molecular weight is 577 g/mol. The van der Waals surface area contributed by atoms with Gasteiger partial charge in [-0.05, 0) is 55.2 Å². The average Bonchev–Trinajstić information content (AvgIpc) is 2.81. The molecule has 0 radical (unpaired) electrons. The molecule has 198 valence electrons. The van der Waals surface area contributed by atoms with Gasteiger partial charge in [0, 0.05) is 18.1 Å². The van der Waals surface area contributed by atoms with Crippen molar-refractivity contribution in [2.24, 2.45) is 0 Å². The summed E-state index contributed by atoms with van der Waals surface area (Å²) in [7, 11) is -3.85. The first-order valence-electron chi connectivity index (χ1n) is 11.6. The molecule has 1 atom stereocenters. The molecule has 0 saturated carbocycles. The van der Waals surface area contributed by atoms with E-state index in [1.54, 1.807) is 50.2 Å². The zero-order valence-electron chi connectivity index (χ0n) is 20.9. The second kappa shape index (κ2) is 13.5. The fourth-order valence-corrected chi connectivity index (χ4v) is 5.11. The van der Waals surface area contributed by atoms with Crippen LogP contribution in [0.25, 0.3) is 0 Å². The standard InChI is InChI=1S/C25H32Cl3N3O4S/c1-5-7-13-29-25(33)22(6-2)30(15-18-11-12-20(27)21(28)14-18)24(32)16-31(36(4,34)35)23-10-8-9-19(26)17(23)3/h8-12,14,22H,5-7,13,15-16H2,1-4H3,(H,29,33). The molecule has 2 rings (SSSR count). The highest BCUT2D eigenvalue weighted by atomic mass is 35.5. The van der Waals surface area contributed by atoms with Crippen LogP contribution in [0, 0.1) is 6.92 Å². The monoisotopic (exact) mass is 575 g/mol. The maximum absolute atomic E-state index is 13.7. The Morgan fingerprint density at radius 3 is 2.31 bits per heavy atom. The molecule has 0 bridgehead atoms. The molecule has 2 aromatic carbocycles. The minimum atomic E-state index is -3.85. The number of rotatable bonds is 12. The number of hydrogen-bond donors (Lipinski definition) is 1. The van der Waals surface area contributed by atoms with E-state index in [1.165, 1.54) is 4.90 Å². The van der Waals surface area contributed by atoms with Gasteiger partial charge in [-0.25, -0.2) is 8.42 Å². The van der Waals surface area contributed by atoms with Crippen molar-refractivity contribution in [2.75, 3.05) is 23.7 Å². The van der Waals surface area contributed by atoms with Crippen molar-refractivity contribution in [3.05, 3.63) is 62.6 Å². The Morgan fingerprint density at radius 2 is 1.72 bits per heavy atom. The number of nitrogens with zero attached hydrogens (tertiary/aromatic N) is 2. The van der Waals surface area contributed by atoms with Crippen molar-refractivity contribution in [3.8, 4) is 0 Å². The Kier molecular flexibility index (Phi) is 11.3. The maximum atomic E-state index is 13.7. The van der Waals surface area contributed by atoms with E-state index in [9.17, 15) is 18.0 Å². The zero-order valence-corrected chi connectivity index (χ0v) is 23.9. The molecular weight excluding hydrogens is 545 g/mol. The molecule has 0 fully saturated rings. The summed E-state index contributed by atoms with van der Waals surface area (Å²) >= 11 is 18.4. The van der Waals surface area contributed by atoms with Crippen molar-refractivity contribution in [1.29, 1.82) is 0 Å². The number of benzene rings is 2. The van der Waals surface area contributed by atoms with Gasteiger partial charge in [0.15, 0.2) is 0 Å². The van der Waals surface area contributed by atoms with Crippen molar-refractivity contribution in [2.45, 2.75) is 52.6 Å². The molecule has 0 saturated heterocycles. The van der Waals surface area contributed by atoms with Crippen molar-refractivity contribution >= 4 is 62.3 Å². The molecule has 1 N–H and O–H groups in total. The summed E-state index contributed by atoms with van der Waals surface area (Å²) in [5.41, 5.74) is 1.48. The zero-order chi connectivity index (χ0) is 27.0. The first kappa shape index (κ1) is 30.2. The van der Waals surface area contributed by atoms with E-state index in [2.05, 4.69) is 5.32 Å². The number of amides is 2. The molecule has 0 aliphatic heterocycles. The SMILES string of the molecule is CCCCNC(=O)C(CC)N(Cc1ccc(Cl)c(Cl)c1)C(=O)CN(c1cccc(Cl)c1C)S(C)(=O)=O. The second-order valence-electron chi connectivity index (χ2n) is 8.49. The first-order valence-corrected chi connectivity index (χ1v) is 14.6. The summed E-state index contributed by atoms with van der Waals surface area (Å²) in [5, 5.41) is 3.93. The van der Waals surface area contributed by atoms with Gasteiger partial charge in [0.05, 0.1) is 22.0 Å². The summed E-state index contributed by atoms with van der Waals surface area (Å²) in [4.78, 5) is 28.2. The first-order chi connectivity index (χ1) is 16.9. The lowest BCUT2D eigenvalue weighted by Gasteiger charge is -2.33. The smallest absolute Gasteiger partial charge is 0.244 e. The third-order valence-corrected chi connectivity index (χ3v) is 8.01. The van der Waals surface area contributed by atoms with E-state index in [0.29, 0.717) is 44.8 Å². The van der Waals surface area contributed by atoms with E-state index >= 15 is 0 Å². The molecule has 2 amide bonds. The van der Waals surface area contributed by atoms with Crippen LogP contribution in [0.4, 0.5) is 5.69 Å². The largest absolute Gasteiger partial charge is 0.354 e. The molecule has 0 spiro atoms. The van der Waals surface area contributed by atoms with Gasteiger partial charge >= 0.3 is 0 Å². The fourth-order valence-electron chi connectivity index (χ4n) is 3.72. The van der Waals surface area contributed by atoms with Gasteiger partial charge in [-0.3, -0.25) is 13.9 Å². The molecule has 1 unspecified atom stereocenters.